The zero-order valence-corrected chi connectivity index (χ0v) is 11.0. The molecule has 0 aliphatic carbocycles. The Hall–Kier alpha value is -2.22. The highest BCUT2D eigenvalue weighted by atomic mass is 16.5. The smallest absolute Gasteiger partial charge is 0.317 e. The van der Waals surface area contributed by atoms with Crippen LogP contribution >= 0.6 is 0 Å². The van der Waals surface area contributed by atoms with Crippen molar-refractivity contribution in [1.82, 2.24) is 20.4 Å². The number of nitrogens with zero attached hydrogens (tertiary/aromatic N) is 3. The number of hydrogen-bond donors (Lipinski definition) is 2. The second-order valence-corrected chi connectivity index (χ2v) is 4.53. The Kier molecular flexibility index (Phi) is 4.46. The number of likely N-dealkylation sites (N-methyl/N-ethyl adjacent to an activating group) is 1. The van der Waals surface area contributed by atoms with Crippen LogP contribution in [-0.2, 0) is 16.1 Å². The number of urea groups is 1. The van der Waals surface area contributed by atoms with Gasteiger partial charge >= 0.3 is 12.0 Å². The maximum atomic E-state index is 12.0. The lowest BCUT2D eigenvalue weighted by atomic mass is 10.0. The molecule has 2 rings (SSSR count). The van der Waals surface area contributed by atoms with E-state index in [1.54, 1.807) is 25.4 Å². The number of aliphatic carboxylic acids is 1. The number of carbonyl (C=O) groups excluding carboxylic acids is 1. The molecule has 2 unspecified atom stereocenters. The van der Waals surface area contributed by atoms with E-state index in [1.165, 1.54) is 4.90 Å². The van der Waals surface area contributed by atoms with Crippen molar-refractivity contribution < 1.29 is 19.4 Å². The van der Waals surface area contributed by atoms with Gasteiger partial charge in [-0.05, 0) is 12.1 Å². The van der Waals surface area contributed by atoms with Gasteiger partial charge in [-0.1, -0.05) is 0 Å². The van der Waals surface area contributed by atoms with E-state index in [1.807, 2.05) is 0 Å². The van der Waals surface area contributed by atoms with Crippen LogP contribution in [0.4, 0.5) is 4.79 Å². The molecule has 2 atom stereocenters. The molecule has 1 aliphatic heterocycles. The molecule has 2 amide bonds. The summed E-state index contributed by atoms with van der Waals surface area (Å²) >= 11 is 0. The number of hydrogen-bond acceptors (Lipinski definition) is 5. The molecule has 1 aromatic rings. The fraction of sp³-hybridized carbons (Fsp3) is 0.500. The Labute approximate surface area is 115 Å². The van der Waals surface area contributed by atoms with E-state index >= 15 is 0 Å². The van der Waals surface area contributed by atoms with E-state index in [-0.39, 0.29) is 25.8 Å². The number of carboxylic acid groups (broad SMARTS) is 1. The molecule has 2 N–H and O–H groups in total. The summed E-state index contributed by atoms with van der Waals surface area (Å²) in [5, 5.41) is 19.3. The summed E-state index contributed by atoms with van der Waals surface area (Å²) in [6.07, 6.45) is 1.55. The van der Waals surface area contributed by atoms with Crippen LogP contribution in [0.2, 0.25) is 0 Å². The quantitative estimate of drug-likeness (QED) is 0.785. The van der Waals surface area contributed by atoms with Gasteiger partial charge in [0.1, 0.15) is 5.92 Å². The van der Waals surface area contributed by atoms with Gasteiger partial charge in [-0.2, -0.15) is 10.2 Å². The molecule has 1 fully saturated rings. The predicted octanol–water partition coefficient (Wildman–Crippen LogP) is -0.282. The predicted molar refractivity (Wildman–Crippen MR) is 67.8 cm³/mol. The average molecular weight is 280 g/mol. The van der Waals surface area contributed by atoms with Crippen molar-refractivity contribution in [1.29, 1.82) is 0 Å². The van der Waals surface area contributed by atoms with Crippen LogP contribution in [0, 0.1) is 5.92 Å². The molecule has 1 aromatic heterocycles. The van der Waals surface area contributed by atoms with E-state index in [0.29, 0.717) is 5.69 Å². The fourth-order valence-electron chi connectivity index (χ4n) is 2.03. The Morgan fingerprint density at radius 3 is 3.00 bits per heavy atom. The lowest BCUT2D eigenvalue weighted by molar-refractivity contribution is -0.142. The maximum absolute atomic E-state index is 12.0. The van der Waals surface area contributed by atoms with E-state index < -0.39 is 17.9 Å². The van der Waals surface area contributed by atoms with Crippen molar-refractivity contribution in [3.63, 3.8) is 0 Å². The third-order valence-corrected chi connectivity index (χ3v) is 3.23. The van der Waals surface area contributed by atoms with E-state index in [4.69, 9.17) is 9.84 Å². The van der Waals surface area contributed by atoms with Gasteiger partial charge < -0.3 is 20.1 Å². The van der Waals surface area contributed by atoms with Crippen molar-refractivity contribution in [3.05, 3.63) is 24.0 Å². The first-order valence-electron chi connectivity index (χ1n) is 6.17. The minimum Gasteiger partial charge on any atom is -0.481 e. The van der Waals surface area contributed by atoms with Crippen LogP contribution in [0.15, 0.2) is 18.3 Å². The Balaban J connectivity index is 1.90. The molecule has 1 saturated heterocycles. The first kappa shape index (κ1) is 14.2. The molecule has 20 heavy (non-hydrogen) atoms. The molecular weight excluding hydrogens is 264 g/mol. The topological polar surface area (TPSA) is 105 Å². The maximum Gasteiger partial charge on any atom is 0.317 e. The van der Waals surface area contributed by atoms with Crippen LogP contribution in [0.25, 0.3) is 0 Å². The molecule has 8 nitrogen and oxygen atoms in total. The normalized spacial score (nSPS) is 21.4. The van der Waals surface area contributed by atoms with Gasteiger partial charge in [0.15, 0.2) is 0 Å². The number of rotatable bonds is 4. The molecule has 0 bridgehead atoms. The van der Waals surface area contributed by atoms with Gasteiger partial charge in [0.25, 0.3) is 0 Å². The highest BCUT2D eigenvalue weighted by molar-refractivity contribution is 5.77. The zero-order valence-electron chi connectivity index (χ0n) is 11.0. The summed E-state index contributed by atoms with van der Waals surface area (Å²) in [5.74, 6) is -1.65. The largest absolute Gasteiger partial charge is 0.481 e. The van der Waals surface area contributed by atoms with E-state index in [9.17, 15) is 9.59 Å². The monoisotopic (exact) mass is 280 g/mol. The first-order valence-corrected chi connectivity index (χ1v) is 6.17. The fourth-order valence-corrected chi connectivity index (χ4v) is 2.03. The van der Waals surface area contributed by atoms with Crippen LogP contribution in [0.3, 0.4) is 0 Å². The highest BCUT2D eigenvalue weighted by Crippen LogP contribution is 2.18. The SMILES string of the molecule is CN(C(=O)NCc1cccnn1)C1COCC1C(=O)O. The van der Waals surface area contributed by atoms with Gasteiger partial charge in [-0.25, -0.2) is 4.79 Å². The van der Waals surface area contributed by atoms with E-state index in [0.717, 1.165) is 0 Å². The lowest BCUT2D eigenvalue weighted by Crippen LogP contribution is -2.48. The van der Waals surface area contributed by atoms with Crippen LogP contribution in [-0.4, -0.2) is 58.5 Å². The molecule has 0 spiro atoms. The van der Waals surface area contributed by atoms with Crippen molar-refractivity contribution in [2.45, 2.75) is 12.6 Å². The summed E-state index contributed by atoms with van der Waals surface area (Å²) in [6.45, 7) is 0.593. The molecule has 2 heterocycles. The number of ether oxygens (including phenoxy) is 1. The van der Waals surface area contributed by atoms with Gasteiger partial charge in [-0.3, -0.25) is 4.79 Å². The highest BCUT2D eigenvalue weighted by Gasteiger charge is 2.38. The second-order valence-electron chi connectivity index (χ2n) is 4.53. The van der Waals surface area contributed by atoms with Gasteiger partial charge in [0.2, 0.25) is 0 Å². The third-order valence-electron chi connectivity index (χ3n) is 3.23. The molecule has 0 radical (unpaired) electrons. The second kappa shape index (κ2) is 6.29. The van der Waals surface area contributed by atoms with Crippen LogP contribution in [0.1, 0.15) is 5.69 Å². The Bertz CT molecular complexity index is 482. The Morgan fingerprint density at radius 1 is 1.55 bits per heavy atom. The number of carboxylic acids is 1. The summed E-state index contributed by atoms with van der Waals surface area (Å²) < 4.78 is 5.14. The summed E-state index contributed by atoms with van der Waals surface area (Å²) in [6, 6.07) is 2.64. The van der Waals surface area contributed by atoms with Crippen molar-refractivity contribution in [3.8, 4) is 0 Å². The van der Waals surface area contributed by atoms with Crippen LogP contribution < -0.4 is 5.32 Å². The first-order chi connectivity index (χ1) is 9.59. The average Bonchev–Trinajstić information content (AvgIpc) is 2.94. The summed E-state index contributed by atoms with van der Waals surface area (Å²) in [5.41, 5.74) is 0.631. The number of carbonyl (C=O) groups is 2. The van der Waals surface area contributed by atoms with Crippen LogP contribution in [0.5, 0.6) is 0 Å². The molecule has 1 aliphatic rings. The van der Waals surface area contributed by atoms with Gasteiger partial charge in [-0.15, -0.1) is 0 Å². The number of amides is 2. The minimum atomic E-state index is -0.957. The van der Waals surface area contributed by atoms with Crippen molar-refractivity contribution >= 4 is 12.0 Å². The number of aromatic nitrogens is 2. The molecule has 0 saturated carbocycles. The van der Waals surface area contributed by atoms with Crippen molar-refractivity contribution in [2.75, 3.05) is 20.3 Å². The van der Waals surface area contributed by atoms with Gasteiger partial charge in [0.05, 0.1) is 31.5 Å². The van der Waals surface area contributed by atoms with E-state index in [2.05, 4.69) is 15.5 Å². The Morgan fingerprint density at radius 2 is 2.35 bits per heavy atom. The zero-order chi connectivity index (χ0) is 14.5. The number of nitrogens with one attached hydrogen (secondary N) is 1. The molecular formula is C12H16N4O4. The van der Waals surface area contributed by atoms with Crippen molar-refractivity contribution in [2.24, 2.45) is 5.92 Å². The standard InChI is InChI=1S/C12H16N4O4/c1-16(10-7-20-6-9(10)11(17)18)12(19)13-5-8-3-2-4-14-15-8/h2-4,9-10H,5-7H2,1H3,(H,13,19)(H,17,18). The third kappa shape index (κ3) is 3.21. The molecule has 8 heteroatoms. The minimum absolute atomic E-state index is 0.127. The molecule has 108 valence electrons. The summed E-state index contributed by atoms with van der Waals surface area (Å²) in [4.78, 5) is 24.4. The van der Waals surface area contributed by atoms with Gasteiger partial charge in [0, 0.05) is 13.2 Å². The summed E-state index contributed by atoms with van der Waals surface area (Å²) in [7, 11) is 1.56. The lowest BCUT2D eigenvalue weighted by Gasteiger charge is -2.26. The molecule has 0 aromatic carbocycles.